The van der Waals surface area contributed by atoms with Crippen molar-refractivity contribution in [2.45, 2.75) is 32.8 Å². The van der Waals surface area contributed by atoms with Crippen LogP contribution >= 0.6 is 0 Å². The molecular weight excluding hydrogens is 250 g/mol. The monoisotopic (exact) mass is 273 g/mol. The molecule has 110 valence electrons. The number of aliphatic carboxylic acids is 1. The Morgan fingerprint density at radius 2 is 2.11 bits per heavy atom. The Hall–Kier alpha value is -1.14. The molecule has 1 N–H and O–H groups in total. The maximum Gasteiger partial charge on any atom is 0.313 e. The van der Waals surface area contributed by atoms with Crippen molar-refractivity contribution < 1.29 is 24.2 Å². The van der Waals surface area contributed by atoms with Gasteiger partial charge < -0.3 is 19.5 Å². The molecule has 0 saturated carbocycles. The topological polar surface area (TPSA) is 76.1 Å². The van der Waals surface area contributed by atoms with E-state index in [2.05, 4.69) is 0 Å². The first-order chi connectivity index (χ1) is 8.91. The number of nitrogens with zero attached hydrogens (tertiary/aromatic N) is 1. The molecule has 0 bridgehead atoms. The minimum Gasteiger partial charge on any atom is -0.481 e. The predicted molar refractivity (Wildman–Crippen MR) is 68.8 cm³/mol. The minimum absolute atomic E-state index is 0.000345. The standard InChI is InChI=1S/C13H23NO5/c1-10(2)19-7-11(15)14-6-4-5-13(8-14,9-18-3)12(16)17/h10H,4-9H2,1-3H3,(H,16,17). The van der Waals surface area contributed by atoms with Crippen LogP contribution in [-0.4, -0.2) is 61.4 Å². The molecule has 1 aliphatic heterocycles. The number of carbonyl (C=O) groups excluding carboxylic acids is 1. The van der Waals surface area contributed by atoms with Crippen LogP contribution in [0, 0.1) is 5.41 Å². The molecular formula is C13H23NO5. The molecule has 6 heteroatoms. The third-order valence-electron chi connectivity index (χ3n) is 3.34. The van der Waals surface area contributed by atoms with Gasteiger partial charge in [0.05, 0.1) is 12.7 Å². The Labute approximate surface area is 113 Å². The molecule has 0 aromatic heterocycles. The summed E-state index contributed by atoms with van der Waals surface area (Å²) < 4.78 is 10.3. The summed E-state index contributed by atoms with van der Waals surface area (Å²) in [5.41, 5.74) is -0.986. The number of methoxy groups -OCH3 is 1. The number of rotatable bonds is 6. The molecule has 1 fully saturated rings. The average molecular weight is 273 g/mol. The molecule has 19 heavy (non-hydrogen) atoms. The lowest BCUT2D eigenvalue weighted by Gasteiger charge is -2.39. The molecule has 1 saturated heterocycles. The summed E-state index contributed by atoms with van der Waals surface area (Å²) >= 11 is 0. The van der Waals surface area contributed by atoms with E-state index in [1.54, 1.807) is 4.90 Å². The molecule has 1 unspecified atom stereocenters. The fourth-order valence-corrected chi connectivity index (χ4v) is 2.30. The highest BCUT2D eigenvalue weighted by Gasteiger charge is 2.43. The van der Waals surface area contributed by atoms with E-state index in [4.69, 9.17) is 9.47 Å². The second kappa shape index (κ2) is 6.86. The van der Waals surface area contributed by atoms with Crippen molar-refractivity contribution in [3.8, 4) is 0 Å². The second-order valence-corrected chi connectivity index (χ2v) is 5.30. The van der Waals surface area contributed by atoms with Gasteiger partial charge in [-0.05, 0) is 26.7 Å². The summed E-state index contributed by atoms with van der Waals surface area (Å²) in [5, 5.41) is 9.39. The SMILES string of the molecule is COCC1(C(=O)O)CCCN(C(=O)COC(C)C)C1. The van der Waals surface area contributed by atoms with Crippen LogP contribution in [0.25, 0.3) is 0 Å². The Morgan fingerprint density at radius 1 is 1.42 bits per heavy atom. The predicted octanol–water partition coefficient (Wildman–Crippen LogP) is 0.751. The normalized spacial score (nSPS) is 23.7. The highest BCUT2D eigenvalue weighted by Crippen LogP contribution is 2.30. The Morgan fingerprint density at radius 3 is 2.63 bits per heavy atom. The molecule has 0 aliphatic carbocycles. The van der Waals surface area contributed by atoms with Crippen LogP contribution in [0.4, 0.5) is 0 Å². The summed E-state index contributed by atoms with van der Waals surface area (Å²) in [5.74, 6) is -1.06. The van der Waals surface area contributed by atoms with Crippen LogP contribution in [0.3, 0.4) is 0 Å². The van der Waals surface area contributed by atoms with Crippen molar-refractivity contribution in [2.24, 2.45) is 5.41 Å². The Balaban J connectivity index is 2.66. The number of ether oxygens (including phenoxy) is 2. The number of carboxylic acid groups (broad SMARTS) is 1. The molecule has 0 aromatic carbocycles. The average Bonchev–Trinajstić information content (AvgIpc) is 2.36. The van der Waals surface area contributed by atoms with E-state index in [-0.39, 0.29) is 31.8 Å². The summed E-state index contributed by atoms with van der Waals surface area (Å²) in [4.78, 5) is 25.0. The molecule has 1 heterocycles. The van der Waals surface area contributed by atoms with Crippen molar-refractivity contribution in [3.05, 3.63) is 0 Å². The summed E-state index contributed by atoms with van der Waals surface area (Å²) in [7, 11) is 1.48. The fraction of sp³-hybridized carbons (Fsp3) is 0.846. The number of amides is 1. The van der Waals surface area contributed by atoms with Crippen LogP contribution in [0.1, 0.15) is 26.7 Å². The van der Waals surface area contributed by atoms with Gasteiger partial charge in [0.2, 0.25) is 5.91 Å². The van der Waals surface area contributed by atoms with Crippen LogP contribution in [0.5, 0.6) is 0 Å². The zero-order valence-electron chi connectivity index (χ0n) is 11.8. The van der Waals surface area contributed by atoms with Crippen molar-refractivity contribution in [2.75, 3.05) is 33.4 Å². The molecule has 0 spiro atoms. The van der Waals surface area contributed by atoms with E-state index in [0.717, 1.165) is 0 Å². The first-order valence-electron chi connectivity index (χ1n) is 6.53. The minimum atomic E-state index is -0.986. The largest absolute Gasteiger partial charge is 0.481 e. The van der Waals surface area contributed by atoms with Gasteiger partial charge in [-0.1, -0.05) is 0 Å². The summed E-state index contributed by atoms with van der Waals surface area (Å²) in [6, 6.07) is 0. The number of carboxylic acids is 1. The highest BCUT2D eigenvalue weighted by atomic mass is 16.5. The van der Waals surface area contributed by atoms with Crippen LogP contribution < -0.4 is 0 Å². The van der Waals surface area contributed by atoms with Gasteiger partial charge in [0.15, 0.2) is 0 Å². The molecule has 0 radical (unpaired) electrons. The van der Waals surface area contributed by atoms with Gasteiger partial charge in [-0.2, -0.15) is 0 Å². The zero-order valence-corrected chi connectivity index (χ0v) is 11.8. The number of likely N-dealkylation sites (tertiary alicyclic amines) is 1. The van der Waals surface area contributed by atoms with E-state index in [1.807, 2.05) is 13.8 Å². The van der Waals surface area contributed by atoms with E-state index < -0.39 is 11.4 Å². The smallest absolute Gasteiger partial charge is 0.313 e. The maximum absolute atomic E-state index is 12.0. The zero-order chi connectivity index (χ0) is 14.5. The second-order valence-electron chi connectivity index (χ2n) is 5.30. The van der Waals surface area contributed by atoms with Crippen molar-refractivity contribution >= 4 is 11.9 Å². The Kier molecular flexibility index (Phi) is 5.75. The number of carbonyl (C=O) groups is 2. The highest BCUT2D eigenvalue weighted by molar-refractivity contribution is 5.80. The van der Waals surface area contributed by atoms with Crippen molar-refractivity contribution in [1.82, 2.24) is 4.90 Å². The van der Waals surface area contributed by atoms with Crippen LogP contribution in [0.2, 0.25) is 0 Å². The van der Waals surface area contributed by atoms with Gasteiger partial charge in [0.25, 0.3) is 0 Å². The maximum atomic E-state index is 12.0. The molecule has 6 nitrogen and oxygen atoms in total. The number of hydrogen-bond acceptors (Lipinski definition) is 4. The lowest BCUT2D eigenvalue weighted by atomic mass is 9.80. The summed E-state index contributed by atoms with van der Waals surface area (Å²) in [6.45, 7) is 4.61. The van der Waals surface area contributed by atoms with Gasteiger partial charge in [0.1, 0.15) is 12.0 Å². The Bertz CT molecular complexity index is 327. The van der Waals surface area contributed by atoms with E-state index >= 15 is 0 Å². The summed E-state index contributed by atoms with van der Waals surface area (Å²) in [6.07, 6.45) is 1.19. The van der Waals surface area contributed by atoms with E-state index in [0.29, 0.717) is 19.4 Å². The third-order valence-corrected chi connectivity index (χ3v) is 3.34. The van der Waals surface area contributed by atoms with Crippen LogP contribution in [0.15, 0.2) is 0 Å². The third kappa shape index (κ3) is 4.18. The first-order valence-corrected chi connectivity index (χ1v) is 6.53. The lowest BCUT2D eigenvalue weighted by Crippen LogP contribution is -2.52. The van der Waals surface area contributed by atoms with Gasteiger partial charge in [0, 0.05) is 20.2 Å². The van der Waals surface area contributed by atoms with Gasteiger partial charge in [-0.25, -0.2) is 0 Å². The van der Waals surface area contributed by atoms with Gasteiger partial charge in [-0.3, -0.25) is 9.59 Å². The molecule has 0 aromatic rings. The number of hydrogen-bond donors (Lipinski definition) is 1. The van der Waals surface area contributed by atoms with Crippen molar-refractivity contribution in [3.63, 3.8) is 0 Å². The van der Waals surface area contributed by atoms with Crippen LogP contribution in [-0.2, 0) is 19.1 Å². The molecule has 1 rings (SSSR count). The molecule has 1 atom stereocenters. The van der Waals surface area contributed by atoms with Crippen molar-refractivity contribution in [1.29, 1.82) is 0 Å². The van der Waals surface area contributed by atoms with E-state index in [1.165, 1.54) is 7.11 Å². The van der Waals surface area contributed by atoms with Gasteiger partial charge >= 0.3 is 5.97 Å². The fourth-order valence-electron chi connectivity index (χ4n) is 2.30. The van der Waals surface area contributed by atoms with Gasteiger partial charge in [-0.15, -0.1) is 0 Å². The first kappa shape index (κ1) is 15.9. The van der Waals surface area contributed by atoms with E-state index in [9.17, 15) is 14.7 Å². The number of piperidine rings is 1. The quantitative estimate of drug-likeness (QED) is 0.773. The molecule has 1 amide bonds. The lowest BCUT2D eigenvalue weighted by molar-refractivity contribution is -0.160. The molecule has 1 aliphatic rings.